The predicted octanol–water partition coefficient (Wildman–Crippen LogP) is 4.05. The fraction of sp³-hybridized carbons (Fsp3) is 0.481. The van der Waals surface area contributed by atoms with E-state index in [1.165, 1.54) is 4.90 Å². The lowest BCUT2D eigenvalue weighted by molar-refractivity contribution is -0.140. The summed E-state index contributed by atoms with van der Waals surface area (Å²) < 4.78 is 26.7. The average molecular weight is 502 g/mol. The van der Waals surface area contributed by atoms with Crippen molar-refractivity contribution in [1.82, 2.24) is 10.2 Å². The van der Waals surface area contributed by atoms with Gasteiger partial charge in [0, 0.05) is 12.6 Å². The molecule has 35 heavy (non-hydrogen) atoms. The molecular formula is C27H39N3O4S. The molecule has 192 valence electrons. The molecule has 0 aliphatic heterocycles. The van der Waals surface area contributed by atoms with Crippen molar-refractivity contribution in [2.75, 3.05) is 17.1 Å². The molecule has 2 amide bonds. The maximum atomic E-state index is 13.7. The van der Waals surface area contributed by atoms with Crippen LogP contribution in [0.3, 0.4) is 0 Å². The molecule has 2 atom stereocenters. The van der Waals surface area contributed by atoms with Gasteiger partial charge < -0.3 is 10.2 Å². The zero-order valence-corrected chi connectivity index (χ0v) is 22.6. The lowest BCUT2D eigenvalue weighted by atomic mass is 10.1. The number of anilines is 1. The first-order valence-electron chi connectivity index (χ1n) is 12.2. The highest BCUT2D eigenvalue weighted by Crippen LogP contribution is 2.24. The van der Waals surface area contributed by atoms with Gasteiger partial charge in [0.2, 0.25) is 21.8 Å². The second-order valence-electron chi connectivity index (χ2n) is 9.00. The van der Waals surface area contributed by atoms with Gasteiger partial charge in [-0.25, -0.2) is 8.42 Å². The minimum Gasteiger partial charge on any atom is -0.352 e. The summed E-state index contributed by atoms with van der Waals surface area (Å²) in [4.78, 5) is 28.4. The largest absolute Gasteiger partial charge is 0.352 e. The average Bonchev–Trinajstić information content (AvgIpc) is 2.82. The predicted molar refractivity (Wildman–Crippen MR) is 142 cm³/mol. The van der Waals surface area contributed by atoms with Gasteiger partial charge in [0.05, 0.1) is 11.9 Å². The third-order valence-electron chi connectivity index (χ3n) is 6.18. The van der Waals surface area contributed by atoms with Crippen molar-refractivity contribution < 1.29 is 18.0 Å². The molecular weight excluding hydrogens is 462 g/mol. The molecule has 0 saturated carbocycles. The first-order valence-corrected chi connectivity index (χ1v) is 14.1. The molecule has 2 aromatic carbocycles. The van der Waals surface area contributed by atoms with Gasteiger partial charge in [-0.2, -0.15) is 0 Å². The van der Waals surface area contributed by atoms with Gasteiger partial charge in [-0.3, -0.25) is 13.9 Å². The van der Waals surface area contributed by atoms with Crippen molar-refractivity contribution in [2.24, 2.45) is 0 Å². The molecule has 7 nitrogen and oxygen atoms in total. The number of hydrogen-bond donors (Lipinski definition) is 1. The third kappa shape index (κ3) is 7.82. The van der Waals surface area contributed by atoms with Gasteiger partial charge in [0.25, 0.3) is 0 Å². The van der Waals surface area contributed by atoms with E-state index in [0.717, 1.165) is 33.7 Å². The molecule has 0 radical (unpaired) electrons. The normalized spacial score (nSPS) is 13.1. The monoisotopic (exact) mass is 501 g/mol. The Morgan fingerprint density at radius 3 is 2.14 bits per heavy atom. The SMILES string of the molecule is CCc1ccccc1N(CC(=O)N(Cc1ccc(C)cc1)[C@H](CC)C(=O)N[C@@H](C)CC)S(C)(=O)=O. The van der Waals surface area contributed by atoms with Crippen LogP contribution in [0.25, 0.3) is 0 Å². The minimum absolute atomic E-state index is 0.0307. The summed E-state index contributed by atoms with van der Waals surface area (Å²) >= 11 is 0. The van der Waals surface area contributed by atoms with Crippen molar-refractivity contribution in [1.29, 1.82) is 0 Å². The maximum absolute atomic E-state index is 13.7. The Kier molecular flexibility index (Phi) is 10.3. The molecule has 0 aliphatic rings. The lowest BCUT2D eigenvalue weighted by Crippen LogP contribution is -2.53. The Balaban J connectivity index is 2.46. The number of aryl methyl sites for hydroxylation is 2. The van der Waals surface area contributed by atoms with Crippen molar-refractivity contribution in [3.8, 4) is 0 Å². The van der Waals surface area contributed by atoms with E-state index in [-0.39, 0.29) is 25.0 Å². The molecule has 0 heterocycles. The van der Waals surface area contributed by atoms with Gasteiger partial charge in [0.1, 0.15) is 12.6 Å². The van der Waals surface area contributed by atoms with E-state index in [0.29, 0.717) is 18.5 Å². The van der Waals surface area contributed by atoms with Crippen LogP contribution in [0.2, 0.25) is 0 Å². The number of rotatable bonds is 12. The minimum atomic E-state index is -3.75. The Morgan fingerprint density at radius 1 is 0.971 bits per heavy atom. The highest BCUT2D eigenvalue weighted by atomic mass is 32.2. The summed E-state index contributed by atoms with van der Waals surface area (Å²) in [6.07, 6.45) is 2.90. The molecule has 8 heteroatoms. The zero-order chi connectivity index (χ0) is 26.2. The molecule has 0 bridgehead atoms. The maximum Gasteiger partial charge on any atom is 0.244 e. The van der Waals surface area contributed by atoms with E-state index in [4.69, 9.17) is 0 Å². The van der Waals surface area contributed by atoms with Crippen LogP contribution >= 0.6 is 0 Å². The van der Waals surface area contributed by atoms with Crippen molar-refractivity contribution in [3.63, 3.8) is 0 Å². The van der Waals surface area contributed by atoms with Crippen molar-refractivity contribution >= 4 is 27.5 Å². The molecule has 1 N–H and O–H groups in total. The zero-order valence-electron chi connectivity index (χ0n) is 21.7. The third-order valence-corrected chi connectivity index (χ3v) is 7.31. The lowest BCUT2D eigenvalue weighted by Gasteiger charge is -2.33. The van der Waals surface area contributed by atoms with Gasteiger partial charge in [-0.1, -0.05) is 68.8 Å². The summed E-state index contributed by atoms with van der Waals surface area (Å²) in [7, 11) is -3.75. The number of sulfonamides is 1. The highest BCUT2D eigenvalue weighted by Gasteiger charge is 2.32. The van der Waals surface area contributed by atoms with E-state index in [1.54, 1.807) is 12.1 Å². The van der Waals surface area contributed by atoms with E-state index in [1.807, 2.05) is 71.0 Å². The number of carbonyl (C=O) groups excluding carboxylic acids is 2. The van der Waals surface area contributed by atoms with Crippen LogP contribution in [-0.4, -0.2) is 50.0 Å². The van der Waals surface area contributed by atoms with E-state index >= 15 is 0 Å². The fourth-order valence-electron chi connectivity index (χ4n) is 3.90. The number of nitrogens with one attached hydrogen (secondary N) is 1. The van der Waals surface area contributed by atoms with Gasteiger partial charge in [-0.15, -0.1) is 0 Å². The van der Waals surface area contributed by atoms with Crippen molar-refractivity contribution in [3.05, 3.63) is 65.2 Å². The molecule has 0 spiro atoms. The van der Waals surface area contributed by atoms with Crippen LogP contribution in [0.1, 0.15) is 57.2 Å². The standard InChI is InChI=1S/C27H39N3O4S/c1-7-21(5)28-27(32)24(9-3)29(18-22-16-14-20(4)15-17-22)26(31)19-30(35(6,33)34)25-13-11-10-12-23(25)8-2/h10-17,21,24H,7-9,18-19H2,1-6H3,(H,28,32)/t21-,24+/m0/s1. The molecule has 0 aromatic heterocycles. The second kappa shape index (κ2) is 12.7. The van der Waals surface area contributed by atoms with Gasteiger partial charge >= 0.3 is 0 Å². The Hall–Kier alpha value is -2.87. The van der Waals surface area contributed by atoms with Crippen LogP contribution in [0, 0.1) is 6.92 Å². The Morgan fingerprint density at radius 2 is 1.60 bits per heavy atom. The number of nitrogens with zero attached hydrogens (tertiary/aromatic N) is 2. The number of benzene rings is 2. The molecule has 2 rings (SSSR count). The van der Waals surface area contributed by atoms with E-state index in [2.05, 4.69) is 5.32 Å². The van der Waals surface area contributed by atoms with Crippen molar-refractivity contribution in [2.45, 2.75) is 72.5 Å². The van der Waals surface area contributed by atoms with Gasteiger partial charge in [-0.05, 0) is 50.3 Å². The summed E-state index contributed by atoms with van der Waals surface area (Å²) in [5, 5.41) is 2.98. The number of para-hydroxylation sites is 1. The van der Waals surface area contributed by atoms with Gasteiger partial charge in [0.15, 0.2) is 0 Å². The summed E-state index contributed by atoms with van der Waals surface area (Å²) in [5.74, 6) is -0.657. The summed E-state index contributed by atoms with van der Waals surface area (Å²) in [6, 6.07) is 14.2. The number of hydrogen-bond acceptors (Lipinski definition) is 4. The topological polar surface area (TPSA) is 86.8 Å². The first kappa shape index (κ1) is 28.4. The smallest absolute Gasteiger partial charge is 0.244 e. The number of amides is 2. The van der Waals surface area contributed by atoms with E-state index < -0.39 is 22.0 Å². The fourth-order valence-corrected chi connectivity index (χ4v) is 4.78. The molecule has 2 aromatic rings. The van der Waals surface area contributed by atoms with Crippen LogP contribution in [0.5, 0.6) is 0 Å². The molecule has 0 fully saturated rings. The summed E-state index contributed by atoms with van der Waals surface area (Å²) in [6.45, 7) is 9.51. The van der Waals surface area contributed by atoms with Crippen LogP contribution in [0.15, 0.2) is 48.5 Å². The Labute approximate surface area is 210 Å². The van der Waals surface area contributed by atoms with Crippen LogP contribution in [-0.2, 0) is 32.6 Å². The molecule has 0 unspecified atom stereocenters. The summed E-state index contributed by atoms with van der Waals surface area (Å²) in [5.41, 5.74) is 3.28. The van der Waals surface area contributed by atoms with E-state index in [9.17, 15) is 18.0 Å². The quantitative estimate of drug-likeness (QED) is 0.475. The van der Waals surface area contributed by atoms with Crippen LogP contribution < -0.4 is 9.62 Å². The highest BCUT2D eigenvalue weighted by molar-refractivity contribution is 7.92. The molecule has 0 aliphatic carbocycles. The number of carbonyl (C=O) groups is 2. The first-order chi connectivity index (χ1) is 16.5. The molecule has 0 saturated heterocycles. The Bertz CT molecular complexity index is 1100. The second-order valence-corrected chi connectivity index (χ2v) is 10.9. The van der Waals surface area contributed by atoms with Crippen LogP contribution in [0.4, 0.5) is 5.69 Å².